The minimum atomic E-state index is -0.244. The molecule has 0 radical (unpaired) electrons. The van der Waals surface area contributed by atoms with Crippen LogP contribution in [0.3, 0.4) is 0 Å². The highest BCUT2D eigenvalue weighted by molar-refractivity contribution is 7.98. The van der Waals surface area contributed by atoms with Crippen LogP contribution in [0.4, 0.5) is 0 Å². The van der Waals surface area contributed by atoms with Crippen LogP contribution in [0.2, 0.25) is 0 Å². The van der Waals surface area contributed by atoms with Crippen molar-refractivity contribution in [2.24, 2.45) is 0 Å². The molecule has 1 aliphatic rings. The summed E-state index contributed by atoms with van der Waals surface area (Å²) in [5.41, 5.74) is 2.82. The van der Waals surface area contributed by atoms with Crippen molar-refractivity contribution >= 4 is 17.7 Å². The molecule has 4 nitrogen and oxygen atoms in total. The number of hydrogen-bond donors (Lipinski definition) is 1. The molecule has 0 unspecified atom stereocenters. The van der Waals surface area contributed by atoms with Gasteiger partial charge >= 0.3 is 0 Å². The predicted molar refractivity (Wildman–Crippen MR) is 80.8 cm³/mol. The Hall–Kier alpha value is -2.01. The van der Waals surface area contributed by atoms with E-state index in [0.717, 1.165) is 16.8 Å². The van der Waals surface area contributed by atoms with Crippen LogP contribution in [0.1, 0.15) is 21.3 Å². The van der Waals surface area contributed by atoms with Gasteiger partial charge in [0.15, 0.2) is 0 Å². The van der Waals surface area contributed by atoms with Crippen molar-refractivity contribution in [2.75, 3.05) is 13.3 Å². The van der Waals surface area contributed by atoms with E-state index in [0.29, 0.717) is 5.56 Å². The summed E-state index contributed by atoms with van der Waals surface area (Å²) in [4.78, 5) is 28.7. The first kappa shape index (κ1) is 13.0. The lowest BCUT2D eigenvalue weighted by Gasteiger charge is -2.19. The topological polar surface area (TPSA) is 53.2 Å². The van der Waals surface area contributed by atoms with Gasteiger partial charge in [-0.3, -0.25) is 9.59 Å². The maximum atomic E-state index is 12.3. The zero-order valence-corrected chi connectivity index (χ0v) is 12.0. The molecule has 0 saturated carbocycles. The van der Waals surface area contributed by atoms with E-state index in [4.69, 9.17) is 0 Å². The van der Waals surface area contributed by atoms with Crippen molar-refractivity contribution in [1.29, 1.82) is 0 Å². The second-order valence-electron chi connectivity index (χ2n) is 4.71. The number of pyridine rings is 1. The molecule has 2 aromatic rings. The minimum absolute atomic E-state index is 0.0652. The Morgan fingerprint density at radius 3 is 2.55 bits per heavy atom. The van der Waals surface area contributed by atoms with E-state index >= 15 is 0 Å². The summed E-state index contributed by atoms with van der Waals surface area (Å²) in [5.74, 6) is -0.0948. The van der Waals surface area contributed by atoms with Gasteiger partial charge in [-0.05, 0) is 11.8 Å². The van der Waals surface area contributed by atoms with Gasteiger partial charge in [-0.1, -0.05) is 30.3 Å². The zero-order chi connectivity index (χ0) is 14.3. The van der Waals surface area contributed by atoms with Gasteiger partial charge < -0.3 is 9.88 Å². The normalized spacial score (nSPS) is 17.4. The number of thioether (sulfide) groups is 1. The van der Waals surface area contributed by atoms with Crippen LogP contribution in [0.5, 0.6) is 0 Å². The van der Waals surface area contributed by atoms with Crippen molar-refractivity contribution in [3.63, 3.8) is 0 Å². The highest BCUT2D eigenvalue weighted by atomic mass is 32.2. The fourth-order valence-electron chi connectivity index (χ4n) is 2.60. The maximum Gasteiger partial charge on any atom is 0.255 e. The molecule has 102 valence electrons. The van der Waals surface area contributed by atoms with Crippen LogP contribution in [-0.2, 0) is 0 Å². The van der Waals surface area contributed by atoms with E-state index in [2.05, 4.69) is 4.98 Å². The van der Waals surface area contributed by atoms with E-state index in [9.17, 15) is 9.59 Å². The van der Waals surface area contributed by atoms with Crippen LogP contribution in [0, 0.1) is 0 Å². The van der Waals surface area contributed by atoms with Gasteiger partial charge in [-0.15, -0.1) is 11.8 Å². The van der Waals surface area contributed by atoms with Gasteiger partial charge in [0.25, 0.3) is 5.91 Å². The van der Waals surface area contributed by atoms with Crippen molar-refractivity contribution in [3.05, 3.63) is 57.9 Å². The largest absolute Gasteiger partial charge is 0.325 e. The average Bonchev–Trinajstić information content (AvgIpc) is 2.71. The number of aromatic nitrogens is 1. The lowest BCUT2D eigenvalue weighted by Crippen LogP contribution is -2.21. The Kier molecular flexibility index (Phi) is 3.14. The number of benzene rings is 1. The zero-order valence-electron chi connectivity index (χ0n) is 11.2. The van der Waals surface area contributed by atoms with E-state index in [1.807, 2.05) is 36.6 Å². The Bertz CT molecular complexity index is 724. The molecular formula is C15H14N2O2S. The molecule has 20 heavy (non-hydrogen) atoms. The second kappa shape index (κ2) is 4.83. The SMILES string of the molecule is CS[C@@H]1c2c(cc(=O)[nH]c2-c2ccccc2)C(=O)N1C. The number of carbonyl (C=O) groups excluding carboxylic acids is 1. The quantitative estimate of drug-likeness (QED) is 0.923. The summed E-state index contributed by atoms with van der Waals surface area (Å²) in [7, 11) is 1.77. The van der Waals surface area contributed by atoms with Gasteiger partial charge in [0.1, 0.15) is 5.37 Å². The Morgan fingerprint density at radius 2 is 1.90 bits per heavy atom. The Morgan fingerprint density at radius 1 is 1.20 bits per heavy atom. The molecule has 0 bridgehead atoms. The summed E-state index contributed by atoms with van der Waals surface area (Å²) in [6.07, 6.45) is 1.96. The van der Waals surface area contributed by atoms with E-state index in [-0.39, 0.29) is 16.8 Å². The minimum Gasteiger partial charge on any atom is -0.325 e. The van der Waals surface area contributed by atoms with Crippen LogP contribution < -0.4 is 5.56 Å². The first-order valence-electron chi connectivity index (χ1n) is 6.26. The number of rotatable bonds is 2. The van der Waals surface area contributed by atoms with Gasteiger partial charge in [-0.2, -0.15) is 0 Å². The number of hydrogen-bond acceptors (Lipinski definition) is 3. The summed E-state index contributed by atoms with van der Waals surface area (Å²) in [6.45, 7) is 0. The van der Waals surface area contributed by atoms with Gasteiger partial charge in [0.05, 0.1) is 11.3 Å². The lowest BCUT2D eigenvalue weighted by atomic mass is 10.0. The molecule has 1 aromatic heterocycles. The van der Waals surface area contributed by atoms with Crippen LogP contribution >= 0.6 is 11.8 Å². The number of nitrogens with one attached hydrogen (secondary N) is 1. The standard InChI is InChI=1S/C15H14N2O2S/c1-17-14(19)10-8-11(18)16-13(12(10)15(17)20-2)9-6-4-3-5-7-9/h3-8,15H,1-2H3,(H,16,18)/t15-/m1/s1. The van der Waals surface area contributed by atoms with Crippen LogP contribution in [-0.4, -0.2) is 29.1 Å². The number of H-pyrrole nitrogens is 1. The van der Waals surface area contributed by atoms with E-state index < -0.39 is 0 Å². The molecule has 0 aliphatic carbocycles. The molecule has 3 rings (SSSR count). The third-order valence-electron chi connectivity index (χ3n) is 3.52. The second-order valence-corrected chi connectivity index (χ2v) is 5.62. The number of amides is 1. The molecule has 1 N–H and O–H groups in total. The summed E-state index contributed by atoms with van der Waals surface area (Å²) in [6, 6.07) is 11.0. The van der Waals surface area contributed by atoms with Crippen LogP contribution in [0.15, 0.2) is 41.2 Å². The first-order valence-corrected chi connectivity index (χ1v) is 7.55. The number of aromatic amines is 1. The molecule has 5 heteroatoms. The molecule has 1 atom stereocenters. The van der Waals surface area contributed by atoms with Crippen molar-refractivity contribution in [2.45, 2.75) is 5.37 Å². The lowest BCUT2D eigenvalue weighted by molar-refractivity contribution is 0.0813. The molecular weight excluding hydrogens is 272 g/mol. The van der Waals surface area contributed by atoms with Gasteiger partial charge in [-0.25, -0.2) is 0 Å². The fraction of sp³-hybridized carbons (Fsp3) is 0.200. The summed E-state index contributed by atoms with van der Waals surface area (Å²) in [5, 5.41) is -0.0652. The van der Waals surface area contributed by atoms with Crippen molar-refractivity contribution in [1.82, 2.24) is 9.88 Å². The monoisotopic (exact) mass is 286 g/mol. The smallest absolute Gasteiger partial charge is 0.255 e. The highest BCUT2D eigenvalue weighted by Crippen LogP contribution is 2.42. The predicted octanol–water partition coefficient (Wildman–Crippen LogP) is 2.49. The Labute approximate surface area is 120 Å². The summed E-state index contributed by atoms with van der Waals surface area (Å²) < 4.78 is 0. The molecule has 0 spiro atoms. The maximum absolute atomic E-state index is 12.3. The van der Waals surface area contributed by atoms with Crippen LogP contribution in [0.25, 0.3) is 11.3 Å². The van der Waals surface area contributed by atoms with E-state index in [1.54, 1.807) is 23.7 Å². The number of carbonyl (C=O) groups is 1. The molecule has 0 saturated heterocycles. The third-order valence-corrected chi connectivity index (χ3v) is 4.52. The first-order chi connectivity index (χ1) is 9.63. The number of fused-ring (bicyclic) bond motifs is 1. The van der Waals surface area contributed by atoms with Crippen molar-refractivity contribution in [3.8, 4) is 11.3 Å². The molecule has 0 fully saturated rings. The molecule has 1 amide bonds. The average molecular weight is 286 g/mol. The number of nitrogens with zero attached hydrogens (tertiary/aromatic N) is 1. The van der Waals surface area contributed by atoms with Gasteiger partial charge in [0, 0.05) is 18.7 Å². The molecule has 1 aliphatic heterocycles. The van der Waals surface area contributed by atoms with Crippen molar-refractivity contribution < 1.29 is 4.79 Å². The van der Waals surface area contributed by atoms with E-state index in [1.165, 1.54) is 6.07 Å². The highest BCUT2D eigenvalue weighted by Gasteiger charge is 2.36. The Balaban J connectivity index is 2.31. The third kappa shape index (κ3) is 1.86. The van der Waals surface area contributed by atoms with Gasteiger partial charge in [0.2, 0.25) is 5.56 Å². The molecule has 2 heterocycles. The fourth-order valence-corrected chi connectivity index (χ4v) is 3.49. The summed E-state index contributed by atoms with van der Waals surface area (Å²) >= 11 is 1.58. The molecule has 1 aromatic carbocycles.